The minimum Gasteiger partial charge on any atom is -0.325 e. The van der Waals surface area contributed by atoms with E-state index in [1.165, 1.54) is 141 Å². The molecule has 0 aromatic heterocycles. The molecule has 0 amide bonds. The van der Waals surface area contributed by atoms with Gasteiger partial charge in [0.1, 0.15) is 0 Å². The molecule has 0 spiro atoms. The first-order valence-electron chi connectivity index (χ1n) is 12.9. The van der Waals surface area contributed by atoms with Crippen LogP contribution >= 0.6 is 0 Å². The Bertz CT molecular complexity index is 245. The fourth-order valence-corrected chi connectivity index (χ4v) is 4.16. The Morgan fingerprint density at radius 3 is 0.889 bits per heavy atom. The van der Waals surface area contributed by atoms with Crippen molar-refractivity contribution in [3.8, 4) is 0 Å². The summed E-state index contributed by atoms with van der Waals surface area (Å²) in [7, 11) is 0. The van der Waals surface area contributed by atoms with Crippen LogP contribution in [-0.4, -0.2) is 5.54 Å². The third kappa shape index (κ3) is 22.1. The number of hydrogen-bond acceptors (Lipinski definition) is 1. The Kier molecular flexibility index (Phi) is 20.7. The van der Waals surface area contributed by atoms with Gasteiger partial charge >= 0.3 is 0 Å². The van der Waals surface area contributed by atoms with E-state index in [0.717, 1.165) is 0 Å². The van der Waals surface area contributed by atoms with E-state index >= 15 is 0 Å². The fraction of sp³-hybridized carbons (Fsp3) is 1.00. The lowest BCUT2D eigenvalue weighted by atomic mass is 9.89. The molecule has 1 heteroatoms. The third-order valence-electron chi connectivity index (χ3n) is 6.20. The fourth-order valence-electron chi connectivity index (χ4n) is 4.16. The molecule has 0 rings (SSSR count). The number of hydrogen-bond donors (Lipinski definition) is 1. The molecule has 164 valence electrons. The van der Waals surface area contributed by atoms with Crippen LogP contribution in [0, 0.1) is 0 Å². The van der Waals surface area contributed by atoms with Crippen LogP contribution in [0.2, 0.25) is 0 Å². The van der Waals surface area contributed by atoms with Crippen molar-refractivity contribution in [2.24, 2.45) is 5.73 Å². The molecular weight excluding hydrogens is 326 g/mol. The molecule has 0 atom stereocenters. The molecule has 0 aliphatic heterocycles. The van der Waals surface area contributed by atoms with E-state index in [0.29, 0.717) is 0 Å². The number of rotatable bonds is 22. The minimum absolute atomic E-state index is 0.0836. The van der Waals surface area contributed by atoms with E-state index in [9.17, 15) is 0 Å². The molecule has 2 N–H and O–H groups in total. The van der Waals surface area contributed by atoms with Gasteiger partial charge in [0.25, 0.3) is 0 Å². The zero-order valence-corrected chi connectivity index (χ0v) is 19.6. The van der Waals surface area contributed by atoms with Crippen molar-refractivity contribution in [2.45, 2.75) is 168 Å². The maximum atomic E-state index is 6.53. The zero-order chi connectivity index (χ0) is 20.1. The summed E-state index contributed by atoms with van der Waals surface area (Å²) in [4.78, 5) is 0. The molecule has 0 saturated carbocycles. The average Bonchev–Trinajstić information content (AvgIpc) is 2.64. The number of unbranched alkanes of at least 4 members (excludes halogenated alkanes) is 18. The molecule has 0 bridgehead atoms. The van der Waals surface area contributed by atoms with E-state index in [1.807, 2.05) is 0 Å². The van der Waals surface area contributed by atoms with Gasteiger partial charge in [-0.15, -0.1) is 0 Å². The minimum atomic E-state index is 0.0836. The van der Waals surface area contributed by atoms with Crippen molar-refractivity contribution < 1.29 is 0 Å². The van der Waals surface area contributed by atoms with Gasteiger partial charge in [0.05, 0.1) is 0 Å². The standard InChI is InChI=1S/C26H55N/c1-4-6-8-10-12-14-16-18-20-22-24-26(3,27)25-23-21-19-17-15-13-11-9-7-5-2/h4-25,27H2,1-3H3. The first-order chi connectivity index (χ1) is 13.1. The van der Waals surface area contributed by atoms with Crippen LogP contribution in [-0.2, 0) is 0 Å². The Balaban J connectivity index is 3.31. The predicted octanol–water partition coefficient (Wildman–Crippen LogP) is 9.33. The number of nitrogens with two attached hydrogens (primary N) is 1. The van der Waals surface area contributed by atoms with Gasteiger partial charge in [0, 0.05) is 5.54 Å². The SMILES string of the molecule is CCCCCCCCCCCCC(C)(N)CCCCCCCCCCCC. The van der Waals surface area contributed by atoms with E-state index in [2.05, 4.69) is 20.8 Å². The molecule has 0 aromatic rings. The Labute approximate surface area is 173 Å². The second kappa shape index (κ2) is 20.7. The molecule has 0 heterocycles. The molecule has 0 aromatic carbocycles. The lowest BCUT2D eigenvalue weighted by Crippen LogP contribution is -2.35. The Morgan fingerprint density at radius 1 is 0.407 bits per heavy atom. The molecule has 0 fully saturated rings. The van der Waals surface area contributed by atoms with Crippen molar-refractivity contribution in [1.82, 2.24) is 0 Å². The summed E-state index contributed by atoms with van der Waals surface area (Å²) >= 11 is 0. The molecule has 0 aliphatic carbocycles. The molecule has 0 unspecified atom stereocenters. The predicted molar refractivity (Wildman–Crippen MR) is 126 cm³/mol. The summed E-state index contributed by atoms with van der Waals surface area (Å²) < 4.78 is 0. The summed E-state index contributed by atoms with van der Waals surface area (Å²) in [6, 6.07) is 0. The zero-order valence-electron chi connectivity index (χ0n) is 19.6. The largest absolute Gasteiger partial charge is 0.325 e. The van der Waals surface area contributed by atoms with E-state index in [1.54, 1.807) is 0 Å². The van der Waals surface area contributed by atoms with Gasteiger partial charge in [-0.05, 0) is 19.8 Å². The summed E-state index contributed by atoms with van der Waals surface area (Å²) in [5, 5.41) is 0. The summed E-state index contributed by atoms with van der Waals surface area (Å²) in [6.07, 6.45) is 30.8. The van der Waals surface area contributed by atoms with Crippen molar-refractivity contribution in [1.29, 1.82) is 0 Å². The average molecular weight is 382 g/mol. The lowest BCUT2D eigenvalue weighted by molar-refractivity contribution is 0.363. The van der Waals surface area contributed by atoms with E-state index in [-0.39, 0.29) is 5.54 Å². The van der Waals surface area contributed by atoms with Gasteiger partial charge in [-0.1, -0.05) is 142 Å². The smallest absolute Gasteiger partial charge is 0.0125 e. The molecule has 0 radical (unpaired) electrons. The van der Waals surface area contributed by atoms with Gasteiger partial charge < -0.3 is 5.73 Å². The Hall–Kier alpha value is -0.0400. The van der Waals surface area contributed by atoms with Gasteiger partial charge in [-0.25, -0.2) is 0 Å². The van der Waals surface area contributed by atoms with Gasteiger partial charge in [-0.2, -0.15) is 0 Å². The van der Waals surface area contributed by atoms with Crippen molar-refractivity contribution in [3.63, 3.8) is 0 Å². The van der Waals surface area contributed by atoms with Crippen LogP contribution in [0.3, 0.4) is 0 Å². The second-order valence-corrected chi connectivity index (χ2v) is 9.52. The molecule has 0 aliphatic rings. The van der Waals surface area contributed by atoms with Crippen molar-refractivity contribution in [2.75, 3.05) is 0 Å². The van der Waals surface area contributed by atoms with Gasteiger partial charge in [0.2, 0.25) is 0 Å². The van der Waals surface area contributed by atoms with Crippen LogP contribution in [0.25, 0.3) is 0 Å². The normalized spacial score (nSPS) is 12.0. The second-order valence-electron chi connectivity index (χ2n) is 9.52. The van der Waals surface area contributed by atoms with Crippen molar-refractivity contribution in [3.05, 3.63) is 0 Å². The third-order valence-corrected chi connectivity index (χ3v) is 6.20. The maximum absolute atomic E-state index is 6.53. The highest BCUT2D eigenvalue weighted by atomic mass is 14.7. The quantitative estimate of drug-likeness (QED) is 0.186. The van der Waals surface area contributed by atoms with Gasteiger partial charge in [0.15, 0.2) is 0 Å². The van der Waals surface area contributed by atoms with Crippen LogP contribution in [0.1, 0.15) is 162 Å². The lowest BCUT2D eigenvalue weighted by Gasteiger charge is -2.24. The van der Waals surface area contributed by atoms with E-state index < -0.39 is 0 Å². The topological polar surface area (TPSA) is 26.0 Å². The van der Waals surface area contributed by atoms with Gasteiger partial charge in [-0.3, -0.25) is 0 Å². The first-order valence-corrected chi connectivity index (χ1v) is 12.9. The Morgan fingerprint density at radius 2 is 0.630 bits per heavy atom. The maximum Gasteiger partial charge on any atom is 0.0125 e. The highest BCUT2D eigenvalue weighted by molar-refractivity contribution is 4.78. The van der Waals surface area contributed by atoms with Crippen LogP contribution in [0.15, 0.2) is 0 Å². The van der Waals surface area contributed by atoms with E-state index in [4.69, 9.17) is 5.73 Å². The van der Waals surface area contributed by atoms with Crippen LogP contribution in [0.5, 0.6) is 0 Å². The van der Waals surface area contributed by atoms with Crippen molar-refractivity contribution >= 4 is 0 Å². The molecular formula is C26H55N. The molecule has 0 saturated heterocycles. The summed E-state index contributed by atoms with van der Waals surface area (Å²) in [5.74, 6) is 0. The van der Waals surface area contributed by atoms with Crippen LogP contribution in [0.4, 0.5) is 0 Å². The van der Waals surface area contributed by atoms with Crippen LogP contribution < -0.4 is 5.73 Å². The summed E-state index contributed by atoms with van der Waals surface area (Å²) in [5.41, 5.74) is 6.62. The first kappa shape index (κ1) is 27.0. The highest BCUT2D eigenvalue weighted by Crippen LogP contribution is 2.21. The highest BCUT2D eigenvalue weighted by Gasteiger charge is 2.16. The molecule has 27 heavy (non-hydrogen) atoms. The molecule has 1 nitrogen and oxygen atoms in total. The monoisotopic (exact) mass is 381 g/mol. The summed E-state index contributed by atoms with van der Waals surface area (Å²) in [6.45, 7) is 6.87.